The van der Waals surface area contributed by atoms with Crippen molar-refractivity contribution >= 4 is 0 Å². The average Bonchev–Trinajstić information content (AvgIpc) is 3.02. The molecule has 2 rings (SSSR count). The Balaban J connectivity index is 1.62. The van der Waals surface area contributed by atoms with Crippen molar-refractivity contribution in [2.24, 2.45) is 0 Å². The zero-order valence-corrected chi connectivity index (χ0v) is 13.1. The molecule has 0 amide bonds. The van der Waals surface area contributed by atoms with Crippen molar-refractivity contribution < 1.29 is 4.42 Å². The van der Waals surface area contributed by atoms with Crippen LogP contribution in [0.15, 0.2) is 22.8 Å². The first-order chi connectivity index (χ1) is 9.81. The van der Waals surface area contributed by atoms with Crippen molar-refractivity contribution in [1.82, 2.24) is 10.2 Å². The Morgan fingerprint density at radius 3 is 2.80 bits per heavy atom. The van der Waals surface area contributed by atoms with Crippen LogP contribution in [0.5, 0.6) is 0 Å². The molecule has 0 aliphatic heterocycles. The zero-order chi connectivity index (χ0) is 14.2. The van der Waals surface area contributed by atoms with Crippen LogP contribution in [0.1, 0.15) is 63.7 Å². The van der Waals surface area contributed by atoms with Gasteiger partial charge < -0.3 is 14.6 Å². The van der Waals surface area contributed by atoms with E-state index in [-0.39, 0.29) is 0 Å². The van der Waals surface area contributed by atoms with E-state index in [4.69, 9.17) is 4.42 Å². The summed E-state index contributed by atoms with van der Waals surface area (Å²) in [6.07, 6.45) is 11.1. The fourth-order valence-electron chi connectivity index (χ4n) is 3.24. The third-order valence-electron chi connectivity index (χ3n) is 4.57. The molecule has 0 radical (unpaired) electrons. The summed E-state index contributed by atoms with van der Waals surface area (Å²) in [5.74, 6) is 1.06. The smallest absolute Gasteiger partial charge is 0.120 e. The standard InChI is InChI=1S/C17H30N2O/c1-3-16(17-11-7-14-20-17)18-12-8-13-19(2)15-9-5-4-6-10-15/h7,11,14-16,18H,3-6,8-10,12-13H2,1-2H3. The molecule has 0 saturated heterocycles. The van der Waals surface area contributed by atoms with Gasteiger partial charge in [-0.2, -0.15) is 0 Å². The molecule has 114 valence electrons. The van der Waals surface area contributed by atoms with Gasteiger partial charge in [0.25, 0.3) is 0 Å². The summed E-state index contributed by atoms with van der Waals surface area (Å²) in [5.41, 5.74) is 0. The van der Waals surface area contributed by atoms with Crippen molar-refractivity contribution in [3.05, 3.63) is 24.2 Å². The number of rotatable bonds is 8. The van der Waals surface area contributed by atoms with E-state index in [2.05, 4.69) is 30.3 Å². The van der Waals surface area contributed by atoms with E-state index >= 15 is 0 Å². The zero-order valence-electron chi connectivity index (χ0n) is 13.1. The fourth-order valence-corrected chi connectivity index (χ4v) is 3.24. The van der Waals surface area contributed by atoms with Crippen molar-refractivity contribution in [1.29, 1.82) is 0 Å². The van der Waals surface area contributed by atoms with Crippen LogP contribution in [-0.2, 0) is 0 Å². The molecule has 1 fully saturated rings. The molecule has 1 aliphatic carbocycles. The highest BCUT2D eigenvalue weighted by Crippen LogP contribution is 2.21. The van der Waals surface area contributed by atoms with Gasteiger partial charge in [-0.15, -0.1) is 0 Å². The summed E-state index contributed by atoms with van der Waals surface area (Å²) in [6, 6.07) is 5.23. The predicted molar refractivity (Wildman–Crippen MR) is 83.9 cm³/mol. The molecule has 1 aromatic heterocycles. The first-order valence-electron chi connectivity index (χ1n) is 8.28. The topological polar surface area (TPSA) is 28.4 Å². The number of hydrogen-bond donors (Lipinski definition) is 1. The van der Waals surface area contributed by atoms with E-state index < -0.39 is 0 Å². The molecule has 1 N–H and O–H groups in total. The van der Waals surface area contributed by atoms with Gasteiger partial charge >= 0.3 is 0 Å². The highest BCUT2D eigenvalue weighted by atomic mass is 16.3. The largest absolute Gasteiger partial charge is 0.468 e. The molecule has 1 saturated carbocycles. The van der Waals surface area contributed by atoms with Crippen LogP contribution >= 0.6 is 0 Å². The Morgan fingerprint density at radius 2 is 2.15 bits per heavy atom. The lowest BCUT2D eigenvalue weighted by molar-refractivity contribution is 0.188. The van der Waals surface area contributed by atoms with Crippen LogP contribution in [-0.4, -0.2) is 31.1 Å². The van der Waals surface area contributed by atoms with Crippen molar-refractivity contribution in [2.75, 3.05) is 20.1 Å². The Bertz CT molecular complexity index is 344. The van der Waals surface area contributed by atoms with Crippen molar-refractivity contribution in [2.45, 2.75) is 64.0 Å². The average molecular weight is 278 g/mol. The summed E-state index contributed by atoms with van der Waals surface area (Å²) in [4.78, 5) is 2.56. The normalized spacial score (nSPS) is 18.6. The number of nitrogens with zero attached hydrogens (tertiary/aromatic N) is 1. The Labute approximate surface area is 123 Å². The molecule has 20 heavy (non-hydrogen) atoms. The Morgan fingerprint density at radius 1 is 1.35 bits per heavy atom. The summed E-state index contributed by atoms with van der Waals surface area (Å²) >= 11 is 0. The molecule has 1 atom stereocenters. The molecule has 3 heteroatoms. The van der Waals surface area contributed by atoms with Crippen LogP contribution in [0.4, 0.5) is 0 Å². The molecule has 1 aromatic rings. The minimum absolute atomic E-state index is 0.366. The maximum absolute atomic E-state index is 5.49. The van der Waals surface area contributed by atoms with Crippen LogP contribution in [0.3, 0.4) is 0 Å². The van der Waals surface area contributed by atoms with E-state index in [9.17, 15) is 0 Å². The van der Waals surface area contributed by atoms with Gasteiger partial charge in [-0.3, -0.25) is 0 Å². The van der Waals surface area contributed by atoms with E-state index in [1.165, 1.54) is 45.1 Å². The number of hydrogen-bond acceptors (Lipinski definition) is 3. The van der Waals surface area contributed by atoms with Crippen molar-refractivity contribution in [3.63, 3.8) is 0 Å². The molecule has 1 aliphatic rings. The summed E-state index contributed by atoms with van der Waals surface area (Å²) in [6.45, 7) is 4.47. The SMILES string of the molecule is CCC(NCCCN(C)C1CCCCC1)c1ccco1. The highest BCUT2D eigenvalue weighted by Gasteiger charge is 2.17. The van der Waals surface area contributed by atoms with E-state index in [0.717, 1.165) is 24.8 Å². The van der Waals surface area contributed by atoms with Crippen LogP contribution < -0.4 is 5.32 Å². The molecular weight excluding hydrogens is 248 g/mol. The monoisotopic (exact) mass is 278 g/mol. The number of furan rings is 1. The van der Waals surface area contributed by atoms with Gasteiger partial charge in [-0.25, -0.2) is 0 Å². The number of nitrogens with one attached hydrogen (secondary N) is 1. The third-order valence-corrected chi connectivity index (χ3v) is 4.57. The molecule has 3 nitrogen and oxygen atoms in total. The predicted octanol–water partition coefficient (Wildman–Crippen LogP) is 3.97. The summed E-state index contributed by atoms with van der Waals surface area (Å²) in [7, 11) is 2.29. The first-order valence-corrected chi connectivity index (χ1v) is 8.28. The van der Waals surface area contributed by atoms with E-state index in [1.807, 2.05) is 6.07 Å². The molecule has 0 spiro atoms. The molecule has 1 unspecified atom stereocenters. The highest BCUT2D eigenvalue weighted by molar-refractivity contribution is 5.03. The van der Waals surface area contributed by atoms with Gasteiger partial charge in [0.15, 0.2) is 0 Å². The minimum atomic E-state index is 0.366. The Kier molecular flexibility index (Phi) is 6.61. The lowest BCUT2D eigenvalue weighted by Crippen LogP contribution is -2.35. The van der Waals surface area contributed by atoms with Gasteiger partial charge in [-0.05, 0) is 58.0 Å². The third kappa shape index (κ3) is 4.64. The minimum Gasteiger partial charge on any atom is -0.468 e. The van der Waals surface area contributed by atoms with Crippen LogP contribution in [0.25, 0.3) is 0 Å². The first kappa shape index (κ1) is 15.6. The van der Waals surface area contributed by atoms with Gasteiger partial charge in [0.1, 0.15) is 5.76 Å². The van der Waals surface area contributed by atoms with Gasteiger partial charge in [-0.1, -0.05) is 26.2 Å². The summed E-state index contributed by atoms with van der Waals surface area (Å²) < 4.78 is 5.49. The molecule has 0 aromatic carbocycles. The van der Waals surface area contributed by atoms with Gasteiger partial charge in [0.2, 0.25) is 0 Å². The van der Waals surface area contributed by atoms with E-state index in [0.29, 0.717) is 6.04 Å². The second-order valence-electron chi connectivity index (χ2n) is 6.06. The second kappa shape index (κ2) is 8.48. The molecular formula is C17H30N2O. The quantitative estimate of drug-likeness (QED) is 0.729. The van der Waals surface area contributed by atoms with Gasteiger partial charge in [0, 0.05) is 6.04 Å². The maximum Gasteiger partial charge on any atom is 0.120 e. The van der Waals surface area contributed by atoms with E-state index in [1.54, 1.807) is 6.26 Å². The van der Waals surface area contributed by atoms with Crippen LogP contribution in [0.2, 0.25) is 0 Å². The fraction of sp³-hybridized carbons (Fsp3) is 0.765. The van der Waals surface area contributed by atoms with Crippen molar-refractivity contribution in [3.8, 4) is 0 Å². The molecule has 0 bridgehead atoms. The van der Waals surface area contributed by atoms with Crippen LogP contribution in [0, 0.1) is 0 Å². The lowest BCUT2D eigenvalue weighted by atomic mass is 9.94. The Hall–Kier alpha value is -0.800. The summed E-state index contributed by atoms with van der Waals surface area (Å²) in [5, 5.41) is 3.61. The van der Waals surface area contributed by atoms with Gasteiger partial charge in [0.05, 0.1) is 12.3 Å². The second-order valence-corrected chi connectivity index (χ2v) is 6.06. The lowest BCUT2D eigenvalue weighted by Gasteiger charge is -2.31. The molecule has 1 heterocycles. The maximum atomic E-state index is 5.49.